The standard InChI is InChI=1S/C22H31N5O/c1-25-12-14-27(15-13-25)18-8-9-20-19(16-18)21(24-26(20)2)22(28)23-11-10-17-6-4-3-5-7-17/h3-7,18H,8-16H2,1-2H3,(H,23,28)/t18-/m1/s1. The maximum absolute atomic E-state index is 12.8. The van der Waals surface area contributed by atoms with E-state index in [1.54, 1.807) is 0 Å². The Balaban J connectivity index is 1.41. The average molecular weight is 382 g/mol. The molecule has 28 heavy (non-hydrogen) atoms. The molecule has 0 saturated carbocycles. The van der Waals surface area contributed by atoms with E-state index in [0.717, 1.165) is 57.4 Å². The fourth-order valence-corrected chi connectivity index (χ4v) is 4.50. The van der Waals surface area contributed by atoms with Gasteiger partial charge in [0.2, 0.25) is 0 Å². The van der Waals surface area contributed by atoms with Crippen molar-refractivity contribution in [2.45, 2.75) is 31.7 Å². The number of likely N-dealkylation sites (N-methyl/N-ethyl adjacent to an activating group) is 1. The van der Waals surface area contributed by atoms with Gasteiger partial charge in [-0.3, -0.25) is 14.4 Å². The molecule has 1 saturated heterocycles. The molecule has 1 amide bonds. The number of rotatable bonds is 5. The van der Waals surface area contributed by atoms with Crippen molar-refractivity contribution in [3.05, 3.63) is 52.8 Å². The van der Waals surface area contributed by atoms with Crippen LogP contribution >= 0.6 is 0 Å². The number of hydrogen-bond donors (Lipinski definition) is 1. The molecule has 0 radical (unpaired) electrons. The summed E-state index contributed by atoms with van der Waals surface area (Å²) in [6, 6.07) is 10.8. The van der Waals surface area contributed by atoms with Gasteiger partial charge >= 0.3 is 0 Å². The van der Waals surface area contributed by atoms with Gasteiger partial charge in [-0.05, 0) is 38.3 Å². The minimum Gasteiger partial charge on any atom is -0.350 e. The monoisotopic (exact) mass is 381 g/mol. The van der Waals surface area contributed by atoms with Crippen molar-refractivity contribution in [2.24, 2.45) is 7.05 Å². The lowest BCUT2D eigenvalue weighted by atomic mass is 9.90. The third-order valence-electron chi connectivity index (χ3n) is 6.24. The Labute approximate surface area is 167 Å². The summed E-state index contributed by atoms with van der Waals surface area (Å²) in [6.07, 6.45) is 3.94. The molecule has 2 aromatic rings. The summed E-state index contributed by atoms with van der Waals surface area (Å²) in [7, 11) is 4.16. The van der Waals surface area contributed by atoms with Gasteiger partial charge in [-0.2, -0.15) is 5.10 Å². The van der Waals surface area contributed by atoms with Crippen LogP contribution < -0.4 is 5.32 Å². The van der Waals surface area contributed by atoms with Crippen LogP contribution in [0.3, 0.4) is 0 Å². The van der Waals surface area contributed by atoms with E-state index in [0.29, 0.717) is 18.3 Å². The van der Waals surface area contributed by atoms with Crippen LogP contribution in [0.2, 0.25) is 0 Å². The molecule has 0 unspecified atom stereocenters. The van der Waals surface area contributed by atoms with Crippen LogP contribution in [0.15, 0.2) is 30.3 Å². The van der Waals surface area contributed by atoms with Crippen molar-refractivity contribution >= 4 is 5.91 Å². The third-order valence-corrected chi connectivity index (χ3v) is 6.24. The van der Waals surface area contributed by atoms with Crippen LogP contribution in [-0.2, 0) is 26.3 Å². The first kappa shape index (κ1) is 19.2. The van der Waals surface area contributed by atoms with E-state index in [1.807, 2.05) is 29.9 Å². The van der Waals surface area contributed by atoms with Gasteiger partial charge in [0.1, 0.15) is 0 Å². The highest BCUT2D eigenvalue weighted by Gasteiger charge is 2.32. The smallest absolute Gasteiger partial charge is 0.272 e. The molecule has 2 aliphatic rings. The van der Waals surface area contributed by atoms with Gasteiger partial charge in [0.25, 0.3) is 5.91 Å². The van der Waals surface area contributed by atoms with Gasteiger partial charge in [0, 0.05) is 57.1 Å². The van der Waals surface area contributed by atoms with Crippen molar-refractivity contribution < 1.29 is 4.79 Å². The Morgan fingerprint density at radius 1 is 1.14 bits per heavy atom. The molecule has 1 aliphatic carbocycles. The van der Waals surface area contributed by atoms with Crippen LogP contribution in [0.5, 0.6) is 0 Å². The Kier molecular flexibility index (Phi) is 5.78. The molecule has 4 rings (SSSR count). The molecule has 1 aliphatic heterocycles. The molecule has 6 heteroatoms. The Hall–Kier alpha value is -2.18. The Morgan fingerprint density at radius 2 is 1.89 bits per heavy atom. The second-order valence-corrected chi connectivity index (χ2v) is 8.12. The van der Waals surface area contributed by atoms with E-state index in [1.165, 1.54) is 11.3 Å². The topological polar surface area (TPSA) is 53.4 Å². The second-order valence-electron chi connectivity index (χ2n) is 8.12. The van der Waals surface area contributed by atoms with Crippen molar-refractivity contribution in [2.75, 3.05) is 39.8 Å². The van der Waals surface area contributed by atoms with Crippen LogP contribution in [0.4, 0.5) is 0 Å². The first-order valence-electron chi connectivity index (χ1n) is 10.4. The molecular weight excluding hydrogens is 350 g/mol. The molecule has 1 N–H and O–H groups in total. The summed E-state index contributed by atoms with van der Waals surface area (Å²) in [5, 5.41) is 7.66. The Bertz CT molecular complexity index is 808. The van der Waals surface area contributed by atoms with Crippen molar-refractivity contribution in [3.8, 4) is 0 Å². The van der Waals surface area contributed by atoms with Gasteiger partial charge < -0.3 is 10.2 Å². The molecular formula is C22H31N5O. The number of hydrogen-bond acceptors (Lipinski definition) is 4. The number of nitrogens with one attached hydrogen (secondary N) is 1. The number of aromatic nitrogens is 2. The highest BCUT2D eigenvalue weighted by Crippen LogP contribution is 2.27. The fourth-order valence-electron chi connectivity index (χ4n) is 4.50. The van der Waals surface area contributed by atoms with Gasteiger partial charge in [-0.15, -0.1) is 0 Å². The maximum Gasteiger partial charge on any atom is 0.272 e. The van der Waals surface area contributed by atoms with Gasteiger partial charge in [0.05, 0.1) is 0 Å². The minimum absolute atomic E-state index is 0.0354. The van der Waals surface area contributed by atoms with Crippen LogP contribution in [0.1, 0.15) is 33.7 Å². The first-order chi connectivity index (χ1) is 13.6. The van der Waals surface area contributed by atoms with E-state index < -0.39 is 0 Å². The molecule has 0 spiro atoms. The van der Waals surface area contributed by atoms with Crippen LogP contribution in [0.25, 0.3) is 0 Å². The number of benzene rings is 1. The predicted molar refractivity (Wildman–Crippen MR) is 111 cm³/mol. The number of carbonyl (C=O) groups is 1. The summed E-state index contributed by atoms with van der Waals surface area (Å²) < 4.78 is 1.92. The normalized spacial score (nSPS) is 20.7. The van der Waals surface area contributed by atoms with E-state index in [4.69, 9.17) is 0 Å². The zero-order valence-electron chi connectivity index (χ0n) is 17.0. The fraction of sp³-hybridized carbons (Fsp3) is 0.545. The highest BCUT2D eigenvalue weighted by molar-refractivity contribution is 5.94. The SMILES string of the molecule is CN1CCN([C@@H]2CCc3c(c(C(=O)NCCc4ccccc4)nn3C)C2)CC1. The molecule has 6 nitrogen and oxygen atoms in total. The highest BCUT2D eigenvalue weighted by atomic mass is 16.1. The van der Waals surface area contributed by atoms with E-state index >= 15 is 0 Å². The lowest BCUT2D eigenvalue weighted by Gasteiger charge is -2.39. The zero-order valence-corrected chi connectivity index (χ0v) is 17.0. The molecule has 0 bridgehead atoms. The molecule has 1 aromatic carbocycles. The lowest BCUT2D eigenvalue weighted by molar-refractivity contribution is 0.0941. The number of piperazine rings is 1. The van der Waals surface area contributed by atoms with Crippen molar-refractivity contribution in [3.63, 3.8) is 0 Å². The Morgan fingerprint density at radius 3 is 2.64 bits per heavy atom. The third kappa shape index (κ3) is 4.13. The predicted octanol–water partition coefficient (Wildman–Crippen LogP) is 1.50. The summed E-state index contributed by atoms with van der Waals surface area (Å²) in [5.74, 6) is -0.0354. The summed E-state index contributed by atoms with van der Waals surface area (Å²) in [5.41, 5.74) is 4.26. The quantitative estimate of drug-likeness (QED) is 0.853. The van der Waals surface area contributed by atoms with E-state index in [-0.39, 0.29) is 5.91 Å². The number of nitrogens with zero attached hydrogens (tertiary/aromatic N) is 4. The van der Waals surface area contributed by atoms with E-state index in [2.05, 4.69) is 39.4 Å². The zero-order chi connectivity index (χ0) is 19.5. The number of fused-ring (bicyclic) bond motifs is 1. The van der Waals surface area contributed by atoms with E-state index in [9.17, 15) is 4.79 Å². The average Bonchev–Trinajstić information content (AvgIpc) is 3.05. The summed E-state index contributed by atoms with van der Waals surface area (Å²) in [6.45, 7) is 5.13. The molecule has 1 fully saturated rings. The van der Waals surface area contributed by atoms with Gasteiger partial charge in [0.15, 0.2) is 5.69 Å². The molecule has 150 valence electrons. The molecule has 1 aromatic heterocycles. The van der Waals surface area contributed by atoms with Gasteiger partial charge in [-0.25, -0.2) is 0 Å². The molecule has 1 atom stereocenters. The molecule has 2 heterocycles. The van der Waals surface area contributed by atoms with Crippen molar-refractivity contribution in [1.29, 1.82) is 0 Å². The van der Waals surface area contributed by atoms with Gasteiger partial charge in [-0.1, -0.05) is 30.3 Å². The second kappa shape index (κ2) is 8.45. The van der Waals surface area contributed by atoms with Crippen LogP contribution in [-0.4, -0.2) is 71.3 Å². The number of carbonyl (C=O) groups excluding carboxylic acids is 1. The largest absolute Gasteiger partial charge is 0.350 e. The first-order valence-corrected chi connectivity index (χ1v) is 10.4. The maximum atomic E-state index is 12.8. The van der Waals surface area contributed by atoms with Crippen molar-refractivity contribution in [1.82, 2.24) is 24.9 Å². The van der Waals surface area contributed by atoms with Crippen LogP contribution in [0, 0.1) is 0 Å². The number of aryl methyl sites for hydroxylation is 1. The lowest BCUT2D eigenvalue weighted by Crippen LogP contribution is -2.50. The summed E-state index contributed by atoms with van der Waals surface area (Å²) in [4.78, 5) is 17.8. The number of amides is 1. The minimum atomic E-state index is -0.0354. The summed E-state index contributed by atoms with van der Waals surface area (Å²) >= 11 is 0.